The first kappa shape index (κ1) is 17.7. The first-order valence-corrected chi connectivity index (χ1v) is 8.84. The van der Waals surface area contributed by atoms with Crippen LogP contribution in [0.2, 0.25) is 5.15 Å². The Morgan fingerprint density at radius 2 is 2.16 bits per heavy atom. The van der Waals surface area contributed by atoms with E-state index in [-0.39, 0.29) is 11.8 Å². The normalized spacial score (nSPS) is 17.6. The summed E-state index contributed by atoms with van der Waals surface area (Å²) >= 11 is 5.79. The number of hydrogen-bond donors (Lipinski definition) is 1. The summed E-state index contributed by atoms with van der Waals surface area (Å²) in [4.78, 5) is 14.7. The number of nitrogens with zero attached hydrogens (tertiary/aromatic N) is 5. The van der Waals surface area contributed by atoms with Crippen LogP contribution in [0, 0.1) is 19.8 Å². The van der Waals surface area contributed by atoms with Crippen molar-refractivity contribution < 1.29 is 4.79 Å². The SMILES string of the molecule is Cc1nn(C)c(C)c1CNC(=O)C1CCCN(c2ccc(Cl)nn2)C1. The Labute approximate surface area is 152 Å². The number of aromatic nitrogens is 4. The largest absolute Gasteiger partial charge is 0.354 e. The van der Waals surface area contributed by atoms with Gasteiger partial charge in [-0.3, -0.25) is 9.48 Å². The Bertz CT molecular complexity index is 757. The smallest absolute Gasteiger partial charge is 0.225 e. The molecule has 2 aromatic heterocycles. The molecule has 1 aliphatic rings. The summed E-state index contributed by atoms with van der Waals surface area (Å²) in [7, 11) is 1.92. The highest BCUT2D eigenvalue weighted by atomic mass is 35.5. The monoisotopic (exact) mass is 362 g/mol. The lowest BCUT2D eigenvalue weighted by Gasteiger charge is -2.32. The van der Waals surface area contributed by atoms with E-state index in [1.807, 2.05) is 31.6 Å². The molecule has 1 atom stereocenters. The van der Waals surface area contributed by atoms with Crippen LogP contribution in [0.4, 0.5) is 5.82 Å². The quantitative estimate of drug-likeness (QED) is 0.900. The third kappa shape index (κ3) is 3.92. The number of nitrogens with one attached hydrogen (secondary N) is 1. The molecule has 3 rings (SSSR count). The van der Waals surface area contributed by atoms with Crippen molar-refractivity contribution in [3.8, 4) is 0 Å². The summed E-state index contributed by atoms with van der Waals surface area (Å²) in [6, 6.07) is 3.57. The van der Waals surface area contributed by atoms with Gasteiger partial charge in [0, 0.05) is 37.9 Å². The van der Waals surface area contributed by atoms with Gasteiger partial charge >= 0.3 is 0 Å². The van der Waals surface area contributed by atoms with Gasteiger partial charge < -0.3 is 10.2 Å². The van der Waals surface area contributed by atoms with Crippen LogP contribution in [0.15, 0.2) is 12.1 Å². The summed E-state index contributed by atoms with van der Waals surface area (Å²) in [6.45, 7) is 6.02. The number of halogens is 1. The second kappa shape index (κ2) is 7.39. The fourth-order valence-electron chi connectivity index (χ4n) is 3.27. The molecule has 3 heterocycles. The zero-order valence-corrected chi connectivity index (χ0v) is 15.5. The number of carbonyl (C=O) groups excluding carboxylic acids is 1. The summed E-state index contributed by atoms with van der Waals surface area (Å²) in [5, 5.41) is 15.8. The Balaban J connectivity index is 1.61. The van der Waals surface area contributed by atoms with Crippen LogP contribution in [-0.2, 0) is 18.4 Å². The van der Waals surface area contributed by atoms with Crippen molar-refractivity contribution in [2.75, 3.05) is 18.0 Å². The fraction of sp³-hybridized carbons (Fsp3) is 0.529. The molecule has 25 heavy (non-hydrogen) atoms. The van der Waals surface area contributed by atoms with Gasteiger partial charge in [-0.2, -0.15) is 5.10 Å². The summed E-state index contributed by atoms with van der Waals surface area (Å²) in [5.74, 6) is 0.790. The molecular weight excluding hydrogens is 340 g/mol. The van der Waals surface area contributed by atoms with Crippen molar-refractivity contribution in [3.05, 3.63) is 34.2 Å². The van der Waals surface area contributed by atoms with Crippen LogP contribution in [0.1, 0.15) is 29.8 Å². The van der Waals surface area contributed by atoms with E-state index in [9.17, 15) is 4.79 Å². The van der Waals surface area contributed by atoms with Crippen LogP contribution in [-0.4, -0.2) is 39.0 Å². The predicted molar refractivity (Wildman–Crippen MR) is 96.5 cm³/mol. The molecule has 1 unspecified atom stereocenters. The van der Waals surface area contributed by atoms with Gasteiger partial charge in [0.1, 0.15) is 0 Å². The predicted octanol–water partition coefficient (Wildman–Crippen LogP) is 2.01. The maximum atomic E-state index is 12.6. The average molecular weight is 363 g/mol. The van der Waals surface area contributed by atoms with E-state index >= 15 is 0 Å². The second-order valence-electron chi connectivity index (χ2n) is 6.49. The van der Waals surface area contributed by atoms with Gasteiger partial charge in [-0.25, -0.2) is 0 Å². The lowest BCUT2D eigenvalue weighted by molar-refractivity contribution is -0.125. The van der Waals surface area contributed by atoms with Crippen LogP contribution in [0.25, 0.3) is 0 Å². The molecule has 0 radical (unpaired) electrons. The zero-order valence-electron chi connectivity index (χ0n) is 14.8. The number of piperidine rings is 1. The van der Waals surface area contributed by atoms with Crippen molar-refractivity contribution in [2.45, 2.75) is 33.2 Å². The number of hydrogen-bond acceptors (Lipinski definition) is 5. The Morgan fingerprint density at radius 1 is 1.36 bits per heavy atom. The minimum Gasteiger partial charge on any atom is -0.354 e. The first-order valence-electron chi connectivity index (χ1n) is 8.46. The zero-order chi connectivity index (χ0) is 18.0. The summed E-state index contributed by atoms with van der Waals surface area (Å²) in [5.41, 5.74) is 3.13. The molecule has 1 aliphatic heterocycles. The molecule has 7 nitrogen and oxygen atoms in total. The maximum absolute atomic E-state index is 12.6. The molecule has 1 N–H and O–H groups in total. The van der Waals surface area contributed by atoms with Gasteiger partial charge in [0.25, 0.3) is 0 Å². The van der Waals surface area contributed by atoms with Gasteiger partial charge in [-0.15, -0.1) is 10.2 Å². The van der Waals surface area contributed by atoms with Crippen LogP contribution >= 0.6 is 11.6 Å². The van der Waals surface area contributed by atoms with Crippen LogP contribution in [0.3, 0.4) is 0 Å². The van der Waals surface area contributed by atoms with E-state index in [1.165, 1.54) is 0 Å². The van der Waals surface area contributed by atoms with Crippen molar-refractivity contribution in [1.82, 2.24) is 25.3 Å². The second-order valence-corrected chi connectivity index (χ2v) is 6.88. The third-order valence-electron chi connectivity index (χ3n) is 4.83. The molecule has 8 heteroatoms. The lowest BCUT2D eigenvalue weighted by atomic mass is 9.97. The highest BCUT2D eigenvalue weighted by molar-refractivity contribution is 6.29. The first-order chi connectivity index (χ1) is 12.0. The molecule has 2 aromatic rings. The number of carbonyl (C=O) groups is 1. The molecule has 0 bridgehead atoms. The molecule has 0 spiro atoms. The number of anilines is 1. The van der Waals surface area contributed by atoms with Gasteiger partial charge in [0.15, 0.2) is 11.0 Å². The molecule has 1 amide bonds. The Kier molecular flexibility index (Phi) is 5.22. The highest BCUT2D eigenvalue weighted by Gasteiger charge is 2.27. The van der Waals surface area contributed by atoms with Gasteiger partial charge in [0.2, 0.25) is 5.91 Å². The number of amides is 1. The molecule has 0 aromatic carbocycles. The van der Waals surface area contributed by atoms with Crippen LogP contribution in [0.5, 0.6) is 0 Å². The minimum atomic E-state index is -0.0523. The van der Waals surface area contributed by atoms with Crippen molar-refractivity contribution >= 4 is 23.3 Å². The maximum Gasteiger partial charge on any atom is 0.225 e. The molecule has 1 saturated heterocycles. The average Bonchev–Trinajstić information content (AvgIpc) is 2.85. The van der Waals surface area contributed by atoms with Gasteiger partial charge in [-0.1, -0.05) is 11.6 Å². The van der Waals surface area contributed by atoms with E-state index < -0.39 is 0 Å². The lowest BCUT2D eigenvalue weighted by Crippen LogP contribution is -2.43. The van der Waals surface area contributed by atoms with E-state index in [1.54, 1.807) is 6.07 Å². The number of rotatable bonds is 4. The van der Waals surface area contributed by atoms with Crippen molar-refractivity contribution in [1.29, 1.82) is 0 Å². The van der Waals surface area contributed by atoms with E-state index in [4.69, 9.17) is 11.6 Å². The minimum absolute atomic E-state index is 0.0523. The van der Waals surface area contributed by atoms with Crippen molar-refractivity contribution in [2.24, 2.45) is 13.0 Å². The van der Waals surface area contributed by atoms with Gasteiger partial charge in [-0.05, 0) is 38.8 Å². The number of aryl methyl sites for hydroxylation is 2. The molecule has 0 saturated carbocycles. The van der Waals surface area contributed by atoms with E-state index in [2.05, 4.69) is 25.5 Å². The van der Waals surface area contributed by atoms with Gasteiger partial charge in [0.05, 0.1) is 11.6 Å². The topological polar surface area (TPSA) is 75.9 Å². The summed E-state index contributed by atoms with van der Waals surface area (Å²) < 4.78 is 1.85. The molecule has 0 aliphatic carbocycles. The third-order valence-corrected chi connectivity index (χ3v) is 5.03. The Morgan fingerprint density at radius 3 is 2.80 bits per heavy atom. The highest BCUT2D eigenvalue weighted by Crippen LogP contribution is 2.22. The van der Waals surface area contributed by atoms with E-state index in [0.717, 1.165) is 42.2 Å². The molecular formula is C17H23ClN6O. The fourth-order valence-corrected chi connectivity index (χ4v) is 3.37. The molecule has 1 fully saturated rings. The van der Waals surface area contributed by atoms with Crippen molar-refractivity contribution in [3.63, 3.8) is 0 Å². The van der Waals surface area contributed by atoms with Crippen LogP contribution < -0.4 is 10.2 Å². The standard InChI is InChI=1S/C17H23ClN6O/c1-11-14(12(2)23(3)22-11)9-19-17(25)13-5-4-8-24(10-13)16-7-6-15(18)20-21-16/h6-7,13H,4-5,8-10H2,1-3H3,(H,19,25). The Hall–Kier alpha value is -2.15. The van der Waals surface area contributed by atoms with E-state index in [0.29, 0.717) is 18.2 Å². The molecule has 134 valence electrons. The summed E-state index contributed by atoms with van der Waals surface area (Å²) in [6.07, 6.45) is 1.84.